The number of hydrogen-bond acceptors (Lipinski definition) is 5. The Morgan fingerprint density at radius 3 is 2.16 bits per heavy atom. The Morgan fingerprint density at radius 1 is 0.871 bits per heavy atom. The zero-order valence-corrected chi connectivity index (χ0v) is 17.8. The fraction of sp³-hybridized carbons (Fsp3) is 0.478. The molecule has 2 aliphatic heterocycles. The van der Waals surface area contributed by atoms with Crippen LogP contribution in [0.2, 0.25) is 0 Å². The normalized spacial score (nSPS) is 17.7. The van der Waals surface area contributed by atoms with Crippen molar-refractivity contribution in [2.75, 3.05) is 36.4 Å². The van der Waals surface area contributed by atoms with Crippen molar-refractivity contribution in [3.8, 4) is 0 Å². The largest absolute Gasteiger partial charge is 0.341 e. The lowest BCUT2D eigenvalue weighted by molar-refractivity contribution is 0.0761. The lowest BCUT2D eigenvalue weighted by Crippen LogP contribution is -2.46. The van der Waals surface area contributed by atoms with Gasteiger partial charge in [-0.1, -0.05) is 12.8 Å². The summed E-state index contributed by atoms with van der Waals surface area (Å²) in [6, 6.07) is 8.87. The van der Waals surface area contributed by atoms with Crippen LogP contribution in [0.25, 0.3) is 0 Å². The summed E-state index contributed by atoms with van der Waals surface area (Å²) in [4.78, 5) is 37.7. The first-order valence-electron chi connectivity index (χ1n) is 11.2. The van der Waals surface area contributed by atoms with Gasteiger partial charge in [0.15, 0.2) is 0 Å². The van der Waals surface area contributed by atoms with Gasteiger partial charge >= 0.3 is 6.03 Å². The molecule has 8 nitrogen and oxygen atoms in total. The number of hydrogen-bond donors (Lipinski definition) is 2. The first-order chi connectivity index (χ1) is 15.2. The van der Waals surface area contributed by atoms with Gasteiger partial charge in [-0.05, 0) is 56.0 Å². The summed E-state index contributed by atoms with van der Waals surface area (Å²) in [6.07, 6.45) is 9.71. The third kappa shape index (κ3) is 5.71. The van der Waals surface area contributed by atoms with Crippen LogP contribution in [0.3, 0.4) is 0 Å². The average Bonchev–Trinajstić information content (AvgIpc) is 3.10. The molecule has 0 atom stereocenters. The van der Waals surface area contributed by atoms with E-state index in [4.69, 9.17) is 0 Å². The summed E-state index contributed by atoms with van der Waals surface area (Å²) >= 11 is 0. The van der Waals surface area contributed by atoms with Crippen LogP contribution in [0.15, 0.2) is 42.7 Å². The number of rotatable bonds is 4. The minimum atomic E-state index is -0.221. The molecule has 8 heteroatoms. The Bertz CT molecular complexity index is 857. The van der Waals surface area contributed by atoms with Crippen molar-refractivity contribution in [2.45, 2.75) is 44.6 Å². The number of nitrogens with zero attached hydrogens (tertiary/aromatic N) is 4. The minimum absolute atomic E-state index is 0.0760. The Labute approximate surface area is 183 Å². The molecule has 2 aliphatic rings. The van der Waals surface area contributed by atoms with E-state index < -0.39 is 0 Å². The zero-order chi connectivity index (χ0) is 21.5. The number of likely N-dealkylation sites (tertiary alicyclic amines) is 1. The van der Waals surface area contributed by atoms with Gasteiger partial charge < -0.3 is 20.4 Å². The lowest BCUT2D eigenvalue weighted by atomic mass is 10.1. The maximum absolute atomic E-state index is 12.7. The average molecular weight is 423 g/mol. The molecule has 2 N–H and O–H groups in total. The van der Waals surface area contributed by atoms with Crippen molar-refractivity contribution < 1.29 is 9.59 Å². The van der Waals surface area contributed by atoms with E-state index in [-0.39, 0.29) is 18.0 Å². The van der Waals surface area contributed by atoms with Crippen LogP contribution in [0, 0.1) is 0 Å². The van der Waals surface area contributed by atoms with Crippen molar-refractivity contribution in [2.24, 2.45) is 0 Å². The Hall–Kier alpha value is -3.16. The smallest absolute Gasteiger partial charge is 0.319 e. The van der Waals surface area contributed by atoms with Gasteiger partial charge in [0.2, 0.25) is 5.95 Å². The van der Waals surface area contributed by atoms with E-state index in [9.17, 15) is 9.59 Å². The van der Waals surface area contributed by atoms with Crippen LogP contribution < -0.4 is 15.5 Å². The maximum atomic E-state index is 12.7. The number of urea groups is 1. The van der Waals surface area contributed by atoms with E-state index in [2.05, 4.69) is 25.5 Å². The third-order valence-corrected chi connectivity index (χ3v) is 5.95. The number of piperidine rings is 1. The van der Waals surface area contributed by atoms with Gasteiger partial charge in [0.25, 0.3) is 5.91 Å². The number of amides is 3. The van der Waals surface area contributed by atoms with Crippen LogP contribution in [-0.4, -0.2) is 59.0 Å². The highest BCUT2D eigenvalue weighted by Crippen LogP contribution is 2.17. The Kier molecular flexibility index (Phi) is 6.96. The van der Waals surface area contributed by atoms with Gasteiger partial charge in [0, 0.05) is 55.9 Å². The topological polar surface area (TPSA) is 90.5 Å². The molecular formula is C23H30N6O2. The molecule has 4 rings (SSSR count). The number of anilines is 2. The predicted molar refractivity (Wildman–Crippen MR) is 120 cm³/mol. The fourth-order valence-electron chi connectivity index (χ4n) is 4.18. The van der Waals surface area contributed by atoms with Gasteiger partial charge in [-0.2, -0.15) is 0 Å². The van der Waals surface area contributed by atoms with E-state index in [0.29, 0.717) is 11.3 Å². The highest BCUT2D eigenvalue weighted by Gasteiger charge is 2.22. The number of carbonyl (C=O) groups is 2. The van der Waals surface area contributed by atoms with E-state index in [1.54, 1.807) is 42.7 Å². The van der Waals surface area contributed by atoms with Crippen LogP contribution in [-0.2, 0) is 0 Å². The van der Waals surface area contributed by atoms with E-state index in [1.807, 2.05) is 4.90 Å². The first-order valence-corrected chi connectivity index (χ1v) is 11.2. The molecule has 0 saturated carbocycles. The number of nitrogens with one attached hydrogen (secondary N) is 2. The molecule has 0 unspecified atom stereocenters. The number of carbonyl (C=O) groups excluding carboxylic acids is 2. The van der Waals surface area contributed by atoms with E-state index in [0.717, 1.165) is 57.8 Å². The molecule has 0 spiro atoms. The lowest BCUT2D eigenvalue weighted by Gasteiger charge is -2.32. The molecule has 3 amide bonds. The second-order valence-electron chi connectivity index (χ2n) is 8.19. The molecule has 0 bridgehead atoms. The van der Waals surface area contributed by atoms with Crippen molar-refractivity contribution in [3.63, 3.8) is 0 Å². The Morgan fingerprint density at radius 2 is 1.52 bits per heavy atom. The van der Waals surface area contributed by atoms with Crippen molar-refractivity contribution >= 4 is 23.6 Å². The predicted octanol–water partition coefficient (Wildman–Crippen LogP) is 3.28. The van der Waals surface area contributed by atoms with Gasteiger partial charge in [-0.25, -0.2) is 14.8 Å². The van der Waals surface area contributed by atoms with Crippen LogP contribution in [0.5, 0.6) is 0 Å². The summed E-state index contributed by atoms with van der Waals surface area (Å²) in [5, 5.41) is 5.92. The molecule has 2 aromatic rings. The SMILES string of the molecule is O=C(Nc1ccc(C(=O)N2CCCCCC2)cc1)NC1CCN(c2ncccn2)CC1. The van der Waals surface area contributed by atoms with Gasteiger partial charge in [0.05, 0.1) is 0 Å². The van der Waals surface area contributed by atoms with Crippen LogP contribution >= 0.6 is 0 Å². The first kappa shape index (κ1) is 21.1. The monoisotopic (exact) mass is 422 g/mol. The summed E-state index contributed by atoms with van der Waals surface area (Å²) in [6.45, 7) is 3.28. The maximum Gasteiger partial charge on any atom is 0.319 e. The van der Waals surface area contributed by atoms with Crippen molar-refractivity contribution in [3.05, 3.63) is 48.3 Å². The van der Waals surface area contributed by atoms with E-state index in [1.165, 1.54) is 12.8 Å². The van der Waals surface area contributed by atoms with Gasteiger partial charge in [0.1, 0.15) is 0 Å². The van der Waals surface area contributed by atoms with E-state index >= 15 is 0 Å². The van der Waals surface area contributed by atoms with Crippen LogP contribution in [0.4, 0.5) is 16.4 Å². The molecular weight excluding hydrogens is 392 g/mol. The summed E-state index contributed by atoms with van der Waals surface area (Å²) in [5.41, 5.74) is 1.35. The molecule has 0 aliphatic carbocycles. The number of aromatic nitrogens is 2. The molecule has 0 radical (unpaired) electrons. The van der Waals surface area contributed by atoms with Gasteiger partial charge in [-0.3, -0.25) is 4.79 Å². The molecule has 31 heavy (non-hydrogen) atoms. The molecule has 1 aromatic carbocycles. The molecule has 164 valence electrons. The zero-order valence-electron chi connectivity index (χ0n) is 17.8. The second kappa shape index (κ2) is 10.2. The van der Waals surface area contributed by atoms with Gasteiger partial charge in [-0.15, -0.1) is 0 Å². The second-order valence-corrected chi connectivity index (χ2v) is 8.19. The summed E-state index contributed by atoms with van der Waals surface area (Å²) in [5.74, 6) is 0.812. The fourth-order valence-corrected chi connectivity index (χ4v) is 4.18. The van der Waals surface area contributed by atoms with Crippen molar-refractivity contribution in [1.82, 2.24) is 20.2 Å². The standard InChI is InChI=1S/C23H30N6O2/c30-21(28-14-3-1-2-4-15-28)18-6-8-19(9-7-18)26-23(31)27-20-10-16-29(17-11-20)22-24-12-5-13-25-22/h5-9,12-13,20H,1-4,10-11,14-17H2,(H2,26,27,31). The Balaban J connectivity index is 1.24. The quantitative estimate of drug-likeness (QED) is 0.789. The highest BCUT2D eigenvalue weighted by molar-refractivity contribution is 5.95. The summed E-state index contributed by atoms with van der Waals surface area (Å²) in [7, 11) is 0. The highest BCUT2D eigenvalue weighted by atomic mass is 16.2. The van der Waals surface area contributed by atoms with Crippen LogP contribution in [0.1, 0.15) is 48.9 Å². The number of benzene rings is 1. The molecule has 2 saturated heterocycles. The molecule has 1 aromatic heterocycles. The minimum Gasteiger partial charge on any atom is -0.341 e. The third-order valence-electron chi connectivity index (χ3n) is 5.95. The molecule has 2 fully saturated rings. The summed E-state index contributed by atoms with van der Waals surface area (Å²) < 4.78 is 0. The molecule has 3 heterocycles. The van der Waals surface area contributed by atoms with Crippen molar-refractivity contribution in [1.29, 1.82) is 0 Å².